The lowest BCUT2D eigenvalue weighted by Gasteiger charge is -2.22. The molecule has 0 N–H and O–H groups in total. The minimum atomic E-state index is 0.198. The highest BCUT2D eigenvalue weighted by Gasteiger charge is 2.20. The normalized spacial score (nSPS) is 11.3. The molecule has 0 saturated carbocycles. The number of fused-ring (bicyclic) bond motifs is 2. The molecule has 0 heteroatoms. The summed E-state index contributed by atoms with van der Waals surface area (Å²) in [4.78, 5) is 0. The van der Waals surface area contributed by atoms with E-state index in [1.54, 1.807) is 0 Å². The van der Waals surface area contributed by atoms with Gasteiger partial charge in [-0.15, -0.1) is 0 Å². The third-order valence-corrected chi connectivity index (χ3v) is 5.40. The summed E-state index contributed by atoms with van der Waals surface area (Å²) in [5.41, 5.74) is 4.04. The molecule has 0 radical (unpaired) electrons. The number of rotatable bonds is 3. The van der Waals surface area contributed by atoms with Crippen LogP contribution < -0.4 is 0 Å². The van der Waals surface area contributed by atoms with E-state index in [9.17, 15) is 0 Å². The molecule has 0 saturated heterocycles. The maximum absolute atomic E-state index is 2.28. The van der Waals surface area contributed by atoms with Gasteiger partial charge in [0.05, 0.1) is 0 Å². The van der Waals surface area contributed by atoms with Crippen molar-refractivity contribution in [3.05, 3.63) is 132 Å². The van der Waals surface area contributed by atoms with Crippen LogP contribution in [0.25, 0.3) is 21.5 Å². The lowest BCUT2D eigenvalue weighted by Crippen LogP contribution is -2.05. The minimum absolute atomic E-state index is 0.198. The number of hydrogen-bond donors (Lipinski definition) is 0. The Morgan fingerprint density at radius 1 is 0.370 bits per heavy atom. The Kier molecular flexibility index (Phi) is 3.95. The van der Waals surface area contributed by atoms with Gasteiger partial charge in [-0.1, -0.05) is 115 Å². The van der Waals surface area contributed by atoms with Crippen LogP contribution in [0.5, 0.6) is 0 Å². The first kappa shape index (κ1) is 15.8. The van der Waals surface area contributed by atoms with Crippen LogP contribution in [0.15, 0.2) is 115 Å². The fourth-order valence-electron chi connectivity index (χ4n) is 4.18. The summed E-state index contributed by atoms with van der Waals surface area (Å²) < 4.78 is 0. The first-order valence-corrected chi connectivity index (χ1v) is 9.42. The van der Waals surface area contributed by atoms with Crippen LogP contribution in [-0.4, -0.2) is 0 Å². The van der Waals surface area contributed by atoms with Gasteiger partial charge in [-0.3, -0.25) is 0 Å². The SMILES string of the molecule is c1ccc(C(c2cccc3ccccc23)c2cccc3ccccc23)cc1. The topological polar surface area (TPSA) is 0 Å². The van der Waals surface area contributed by atoms with Gasteiger partial charge in [-0.05, 0) is 38.2 Å². The Balaban J connectivity index is 1.85. The van der Waals surface area contributed by atoms with Crippen LogP contribution in [0.1, 0.15) is 22.6 Å². The third kappa shape index (κ3) is 2.80. The molecular formula is C27H20. The predicted molar refractivity (Wildman–Crippen MR) is 115 cm³/mol. The smallest absolute Gasteiger partial charge is 0.0352 e. The predicted octanol–water partition coefficient (Wildman–Crippen LogP) is 7.17. The summed E-state index contributed by atoms with van der Waals surface area (Å²) in [7, 11) is 0. The fourth-order valence-corrected chi connectivity index (χ4v) is 4.18. The van der Waals surface area contributed by atoms with Crippen molar-refractivity contribution in [2.75, 3.05) is 0 Å². The Morgan fingerprint density at radius 2 is 0.815 bits per heavy atom. The van der Waals surface area contributed by atoms with E-state index in [2.05, 4.69) is 115 Å². The molecule has 5 aromatic rings. The van der Waals surface area contributed by atoms with Gasteiger partial charge in [0.1, 0.15) is 0 Å². The second-order valence-electron chi connectivity index (χ2n) is 6.98. The molecule has 0 bridgehead atoms. The molecule has 0 unspecified atom stereocenters. The van der Waals surface area contributed by atoms with Crippen molar-refractivity contribution < 1.29 is 0 Å². The number of benzene rings is 5. The average Bonchev–Trinajstić information content (AvgIpc) is 2.75. The molecule has 0 amide bonds. The van der Waals surface area contributed by atoms with Gasteiger partial charge < -0.3 is 0 Å². The van der Waals surface area contributed by atoms with Gasteiger partial charge in [0.15, 0.2) is 0 Å². The Morgan fingerprint density at radius 3 is 1.37 bits per heavy atom. The fraction of sp³-hybridized carbons (Fsp3) is 0.0370. The lowest BCUT2D eigenvalue weighted by atomic mass is 9.81. The molecule has 27 heavy (non-hydrogen) atoms. The second kappa shape index (κ2) is 6.74. The van der Waals surface area contributed by atoms with Crippen molar-refractivity contribution in [2.24, 2.45) is 0 Å². The number of hydrogen-bond acceptors (Lipinski definition) is 0. The van der Waals surface area contributed by atoms with E-state index in [4.69, 9.17) is 0 Å². The van der Waals surface area contributed by atoms with E-state index in [-0.39, 0.29) is 5.92 Å². The van der Waals surface area contributed by atoms with Crippen molar-refractivity contribution in [3.63, 3.8) is 0 Å². The zero-order valence-electron chi connectivity index (χ0n) is 15.0. The maximum atomic E-state index is 2.28. The van der Waals surface area contributed by atoms with Crippen molar-refractivity contribution in [3.8, 4) is 0 Å². The summed E-state index contributed by atoms with van der Waals surface area (Å²) in [6.45, 7) is 0. The van der Waals surface area contributed by atoms with Crippen LogP contribution >= 0.6 is 0 Å². The van der Waals surface area contributed by atoms with E-state index >= 15 is 0 Å². The second-order valence-corrected chi connectivity index (χ2v) is 6.98. The molecule has 5 aromatic carbocycles. The summed E-state index contributed by atoms with van der Waals surface area (Å²) in [5, 5.41) is 5.22. The quantitative estimate of drug-likeness (QED) is 0.304. The molecular weight excluding hydrogens is 324 g/mol. The molecule has 0 nitrogen and oxygen atoms in total. The van der Waals surface area contributed by atoms with Gasteiger partial charge in [0.25, 0.3) is 0 Å². The maximum Gasteiger partial charge on any atom is 0.0352 e. The Labute approximate surface area is 159 Å². The molecule has 0 aliphatic heterocycles. The van der Waals surface area contributed by atoms with E-state index in [0.717, 1.165) is 0 Å². The summed E-state index contributed by atoms with van der Waals surface area (Å²) in [6, 6.07) is 41.5. The molecule has 0 aliphatic carbocycles. The van der Waals surface area contributed by atoms with Crippen LogP contribution in [-0.2, 0) is 0 Å². The Hall–Kier alpha value is -3.38. The third-order valence-electron chi connectivity index (χ3n) is 5.40. The standard InChI is InChI=1S/C27H20/c1-2-12-22(13-3-1)27(25-18-8-14-20-10-4-6-16-23(20)25)26-19-9-15-21-11-5-7-17-24(21)26/h1-19,27H. The summed E-state index contributed by atoms with van der Waals surface area (Å²) in [6.07, 6.45) is 0. The van der Waals surface area contributed by atoms with E-state index in [1.807, 2.05) is 0 Å². The van der Waals surface area contributed by atoms with Gasteiger partial charge in [-0.2, -0.15) is 0 Å². The van der Waals surface area contributed by atoms with Crippen LogP contribution in [0.4, 0.5) is 0 Å². The molecule has 5 rings (SSSR count). The highest BCUT2D eigenvalue weighted by molar-refractivity contribution is 5.91. The van der Waals surface area contributed by atoms with Crippen LogP contribution in [0, 0.1) is 0 Å². The lowest BCUT2D eigenvalue weighted by molar-refractivity contribution is 1.00. The van der Waals surface area contributed by atoms with Gasteiger partial charge in [0, 0.05) is 5.92 Å². The minimum Gasteiger partial charge on any atom is -0.0622 e. The highest BCUT2D eigenvalue weighted by Crippen LogP contribution is 2.38. The molecule has 0 aliphatic rings. The average molecular weight is 344 g/mol. The van der Waals surface area contributed by atoms with Crippen molar-refractivity contribution in [2.45, 2.75) is 5.92 Å². The van der Waals surface area contributed by atoms with E-state index in [0.29, 0.717) is 0 Å². The van der Waals surface area contributed by atoms with Crippen molar-refractivity contribution in [1.82, 2.24) is 0 Å². The summed E-state index contributed by atoms with van der Waals surface area (Å²) in [5.74, 6) is 0.198. The van der Waals surface area contributed by atoms with E-state index in [1.165, 1.54) is 38.2 Å². The molecule has 0 atom stereocenters. The van der Waals surface area contributed by atoms with Gasteiger partial charge in [0.2, 0.25) is 0 Å². The molecule has 0 aromatic heterocycles. The van der Waals surface area contributed by atoms with Gasteiger partial charge in [-0.25, -0.2) is 0 Å². The van der Waals surface area contributed by atoms with Gasteiger partial charge >= 0.3 is 0 Å². The van der Waals surface area contributed by atoms with Crippen LogP contribution in [0.3, 0.4) is 0 Å². The molecule has 128 valence electrons. The van der Waals surface area contributed by atoms with Crippen molar-refractivity contribution in [1.29, 1.82) is 0 Å². The first-order valence-electron chi connectivity index (χ1n) is 9.42. The monoisotopic (exact) mass is 344 g/mol. The molecule has 0 spiro atoms. The summed E-state index contributed by atoms with van der Waals surface area (Å²) >= 11 is 0. The zero-order valence-corrected chi connectivity index (χ0v) is 15.0. The molecule has 0 fully saturated rings. The largest absolute Gasteiger partial charge is 0.0622 e. The first-order chi connectivity index (χ1) is 13.4. The highest BCUT2D eigenvalue weighted by atomic mass is 14.2. The van der Waals surface area contributed by atoms with E-state index < -0.39 is 0 Å². The Bertz CT molecular complexity index is 1130. The zero-order chi connectivity index (χ0) is 18.1. The van der Waals surface area contributed by atoms with Crippen molar-refractivity contribution >= 4 is 21.5 Å². The molecule has 0 heterocycles. The van der Waals surface area contributed by atoms with Crippen LogP contribution in [0.2, 0.25) is 0 Å².